The monoisotopic (exact) mass is 750 g/mol. The zero-order chi connectivity index (χ0) is 33.9. The largest absolute Gasteiger partial charge is 0.394 e. The molecule has 4 aromatic rings. The van der Waals surface area contributed by atoms with Gasteiger partial charge in [-0.3, -0.25) is 18.3 Å². The van der Waals surface area contributed by atoms with Crippen LogP contribution in [-0.2, 0) is 27.7 Å². The molecule has 2 saturated heterocycles. The van der Waals surface area contributed by atoms with Crippen molar-refractivity contribution < 1.29 is 46.6 Å². The van der Waals surface area contributed by atoms with Crippen molar-refractivity contribution in [2.75, 3.05) is 36.9 Å². The number of imidazole rings is 2. The van der Waals surface area contributed by atoms with Gasteiger partial charge >= 0.3 is 0 Å². The zero-order valence-electron chi connectivity index (χ0n) is 24.5. The minimum absolute atomic E-state index is 0.267. The van der Waals surface area contributed by atoms with Gasteiger partial charge in [0.1, 0.15) is 37.1 Å². The molecule has 24 heteroatoms. The second kappa shape index (κ2) is 15.4. The van der Waals surface area contributed by atoms with E-state index in [4.69, 9.17) is 18.5 Å². The number of anilines is 2. The maximum absolute atomic E-state index is 15.2. The van der Waals surface area contributed by atoms with Crippen molar-refractivity contribution in [3.05, 3.63) is 37.5 Å². The van der Waals surface area contributed by atoms with Gasteiger partial charge in [0, 0.05) is 13.1 Å². The Balaban J connectivity index is 1.07. The highest BCUT2D eigenvalue weighted by atomic mass is 32.7. The zero-order valence-corrected chi connectivity index (χ0v) is 28.3. The molecule has 18 nitrogen and oxygen atoms in total. The molecule has 5 unspecified atom stereocenters. The highest BCUT2D eigenvalue weighted by Crippen LogP contribution is 2.42. The van der Waals surface area contributed by atoms with Crippen molar-refractivity contribution in [1.82, 2.24) is 39.0 Å². The Morgan fingerprint density at radius 1 is 0.771 bits per heavy atom. The van der Waals surface area contributed by atoms with Crippen molar-refractivity contribution in [3.63, 3.8) is 0 Å². The van der Waals surface area contributed by atoms with Gasteiger partial charge in [0.15, 0.2) is 58.8 Å². The highest BCUT2D eigenvalue weighted by Gasteiger charge is 2.49. The fourth-order valence-electron chi connectivity index (χ4n) is 5.46. The quantitative estimate of drug-likeness (QED) is 0.0615. The van der Waals surface area contributed by atoms with Crippen LogP contribution in [0.1, 0.15) is 12.5 Å². The van der Waals surface area contributed by atoms with Crippen LogP contribution in [0, 0.1) is 0 Å². The lowest BCUT2D eigenvalue weighted by Gasteiger charge is -2.16. The van der Waals surface area contributed by atoms with Gasteiger partial charge in [-0.15, -0.1) is 0 Å². The van der Waals surface area contributed by atoms with Crippen molar-refractivity contribution in [2.45, 2.75) is 49.2 Å². The molecule has 2 fully saturated rings. The number of halogens is 2. The van der Waals surface area contributed by atoms with E-state index >= 15 is 8.78 Å². The molecule has 6 heterocycles. The van der Waals surface area contributed by atoms with E-state index in [2.05, 4.69) is 65.0 Å². The van der Waals surface area contributed by atoms with Gasteiger partial charge < -0.3 is 39.4 Å². The van der Waals surface area contributed by atoms with Crippen molar-refractivity contribution in [1.29, 1.82) is 0 Å². The summed E-state index contributed by atoms with van der Waals surface area (Å²) in [6, 6.07) is 0. The third-order valence-corrected chi connectivity index (χ3v) is 9.15. The second-order valence-electron chi connectivity index (χ2n) is 10.4. The molecule has 0 aromatic carbocycles. The molecule has 2 aliphatic rings. The lowest BCUT2D eigenvalue weighted by atomic mass is 10.1. The lowest BCUT2D eigenvalue weighted by molar-refractivity contribution is -0.0427. The first-order valence-corrected chi connectivity index (χ1v) is 19.5. The SMILES string of the molecule is O=[PH](S)OC1C(CO)O[C@@H](n2cnc3c(NC/C=C\CNc4ncnc5c4ncn5[C@@H]4OC(CO)[C@@H](O[PH](=O)S)[C@H]4F)ncnc32)[C@@H]1F. The van der Waals surface area contributed by atoms with Crippen molar-refractivity contribution in [3.8, 4) is 0 Å². The van der Waals surface area contributed by atoms with Gasteiger partial charge in [-0.1, -0.05) is 36.6 Å². The average Bonchev–Trinajstić information content (AvgIpc) is 3.83. The second-order valence-corrected chi connectivity index (χ2v) is 14.1. The summed E-state index contributed by atoms with van der Waals surface area (Å²) in [5.74, 6) is 0.746. The van der Waals surface area contributed by atoms with Gasteiger partial charge in [-0.05, 0) is 0 Å². The summed E-state index contributed by atoms with van der Waals surface area (Å²) in [6.45, 7) is -0.455. The number of rotatable bonds is 14. The number of aliphatic hydroxyl groups is 2. The third-order valence-electron chi connectivity index (χ3n) is 7.57. The number of thiol groups is 2. The number of fused-ring (bicyclic) bond motifs is 2. The van der Waals surface area contributed by atoms with Crippen LogP contribution in [-0.4, -0.2) is 112 Å². The molecule has 0 spiro atoms. The summed E-state index contributed by atoms with van der Waals surface area (Å²) in [5, 5.41) is 25.4. The first-order chi connectivity index (χ1) is 23.2. The maximum atomic E-state index is 15.2. The van der Waals surface area contributed by atoms with E-state index in [1.165, 1.54) is 34.4 Å². The summed E-state index contributed by atoms with van der Waals surface area (Å²) in [6.07, 6.45) is -1.86. The van der Waals surface area contributed by atoms with Crippen LogP contribution in [0.2, 0.25) is 0 Å². The van der Waals surface area contributed by atoms with Crippen molar-refractivity contribution >= 4 is 72.9 Å². The Hall–Kier alpha value is -2.78. The van der Waals surface area contributed by atoms with Gasteiger partial charge in [0.2, 0.25) is 14.5 Å². The normalized spacial score (nSPS) is 28.9. The smallest absolute Gasteiger partial charge is 0.243 e. The van der Waals surface area contributed by atoms with Gasteiger partial charge in [-0.2, -0.15) is 0 Å². The third kappa shape index (κ3) is 7.09. The molecule has 6 rings (SSSR count). The van der Waals surface area contributed by atoms with Crippen LogP contribution in [0.5, 0.6) is 0 Å². The molecule has 0 radical (unpaired) electrons. The Labute approximate surface area is 281 Å². The first kappa shape index (κ1) is 35.1. The number of alkyl halides is 2. The first-order valence-electron chi connectivity index (χ1n) is 14.3. The lowest BCUT2D eigenvalue weighted by Crippen LogP contribution is -2.31. The van der Waals surface area contributed by atoms with E-state index in [0.29, 0.717) is 35.8 Å². The van der Waals surface area contributed by atoms with E-state index in [1.54, 1.807) is 0 Å². The molecule has 4 N–H and O–H groups in total. The van der Waals surface area contributed by atoms with Gasteiger partial charge in [0.05, 0.1) is 25.9 Å². The molecular formula is C24H30F2N10O8P2S2. The van der Waals surface area contributed by atoms with Crippen LogP contribution in [0.15, 0.2) is 37.5 Å². The topological polar surface area (TPSA) is 223 Å². The minimum Gasteiger partial charge on any atom is -0.394 e. The van der Waals surface area contributed by atoms with Crippen LogP contribution < -0.4 is 10.6 Å². The summed E-state index contributed by atoms with van der Waals surface area (Å²) in [5.41, 5.74) is 1.22. The van der Waals surface area contributed by atoms with E-state index in [-0.39, 0.29) is 11.3 Å². The van der Waals surface area contributed by atoms with Crippen LogP contribution >= 0.6 is 39.0 Å². The number of aliphatic hydroxyl groups excluding tert-OH is 2. The number of hydrogen-bond acceptors (Lipinski definition) is 16. The summed E-state index contributed by atoms with van der Waals surface area (Å²) < 4.78 is 77.6. The standard InChI is InChI=1S/C24H30F2N10O8P2S2/c25-13-17(43-45(39)47)11(5-37)41-23(13)35-9-33-15-19(29-7-31-21(15)35)27-3-1-2-4-28-20-16-22(32-8-30-20)36(10-34-16)24-14(26)18(44-46(40)48)12(6-38)42-24/h1-2,7-14,17-18,23-24,37-38,45-46H,3-6H2,(H,39,47)(H,40,48)(H,27,29,31)(H,28,30,32)/b2-1-/t11?,12?,13-,14-,17-,18?,23-,24-/m1/s1. The van der Waals surface area contributed by atoms with Crippen molar-refractivity contribution in [2.24, 2.45) is 0 Å². The Morgan fingerprint density at radius 3 is 1.56 bits per heavy atom. The fourth-order valence-corrected chi connectivity index (χ4v) is 7.22. The summed E-state index contributed by atoms with van der Waals surface area (Å²) >= 11 is 7.42. The molecular weight excluding hydrogens is 720 g/mol. The van der Waals surface area contributed by atoms with E-state index in [9.17, 15) is 19.3 Å². The number of ether oxygens (including phenoxy) is 2. The molecule has 2 aliphatic heterocycles. The Morgan fingerprint density at radius 2 is 1.19 bits per heavy atom. The number of nitrogens with zero attached hydrogens (tertiary/aromatic N) is 8. The van der Waals surface area contributed by atoms with Crippen LogP contribution in [0.25, 0.3) is 22.3 Å². The highest BCUT2D eigenvalue weighted by molar-refractivity contribution is 8.39. The fraction of sp³-hybridized carbons (Fsp3) is 0.500. The molecule has 4 aromatic heterocycles. The minimum atomic E-state index is -2.79. The Bertz CT molecular complexity index is 1700. The number of nitrogens with one attached hydrogen (secondary N) is 2. The number of hydrogen-bond donors (Lipinski definition) is 6. The predicted molar refractivity (Wildman–Crippen MR) is 174 cm³/mol. The molecule has 0 aliphatic carbocycles. The average molecular weight is 751 g/mol. The molecule has 10 atom stereocenters. The molecule has 48 heavy (non-hydrogen) atoms. The molecule has 260 valence electrons. The summed E-state index contributed by atoms with van der Waals surface area (Å²) in [4.78, 5) is 25.5. The molecule has 0 saturated carbocycles. The summed E-state index contributed by atoms with van der Waals surface area (Å²) in [7, 11) is -5.58. The van der Waals surface area contributed by atoms with E-state index < -0.39 is 76.9 Å². The van der Waals surface area contributed by atoms with E-state index in [1.807, 2.05) is 12.2 Å². The van der Waals surface area contributed by atoms with Crippen LogP contribution in [0.4, 0.5) is 20.4 Å². The Kier molecular flexibility index (Phi) is 11.3. The van der Waals surface area contributed by atoms with Gasteiger partial charge in [0.25, 0.3) is 0 Å². The molecule has 0 bridgehead atoms. The molecule has 0 amide bonds. The maximum Gasteiger partial charge on any atom is 0.243 e. The van der Waals surface area contributed by atoms with Crippen LogP contribution in [0.3, 0.4) is 0 Å². The van der Waals surface area contributed by atoms with Gasteiger partial charge in [-0.25, -0.2) is 38.7 Å². The number of aromatic nitrogens is 8. The predicted octanol–water partition coefficient (Wildman–Crippen LogP) is 1.91. The van der Waals surface area contributed by atoms with E-state index in [0.717, 1.165) is 0 Å².